The van der Waals surface area contributed by atoms with Crippen molar-refractivity contribution in [3.8, 4) is 90.9 Å². The molecule has 0 saturated heterocycles. The van der Waals surface area contributed by atoms with Crippen molar-refractivity contribution in [2.24, 2.45) is 0 Å². The fourth-order valence-corrected chi connectivity index (χ4v) is 5.39. The standard InChI is InChI=1S/C32H22O10/c33-23-20(24(34)28(38)31(41)27(23)37)14-11-9-13(10-12-14)19-15-5-1-3-7-17(15)21(18-8-4-2-6-16(18)19)22-25(35)29(39)32(42)30(40)26(22)36/h1-12,33-42H. The third-order valence-electron chi connectivity index (χ3n) is 7.39. The van der Waals surface area contributed by atoms with Crippen molar-refractivity contribution in [1.29, 1.82) is 0 Å². The van der Waals surface area contributed by atoms with Crippen LogP contribution >= 0.6 is 0 Å². The molecule has 0 heterocycles. The number of hydrogen-bond donors (Lipinski definition) is 10. The van der Waals surface area contributed by atoms with Crippen LogP contribution in [0, 0.1) is 0 Å². The SMILES string of the molecule is Oc1c(O)c(O)c(-c2ccc(-c3c4ccccc4c(-c4c(O)c(O)c(O)c(O)c4O)c4ccccc34)cc2)c(O)c1O. The van der Waals surface area contributed by atoms with Gasteiger partial charge in [-0.15, -0.1) is 0 Å². The van der Waals surface area contributed by atoms with Gasteiger partial charge >= 0.3 is 0 Å². The molecular formula is C32H22O10. The summed E-state index contributed by atoms with van der Waals surface area (Å²) in [5, 5.41) is 105. The molecule has 6 rings (SSSR count). The molecular weight excluding hydrogens is 544 g/mol. The van der Waals surface area contributed by atoms with Crippen LogP contribution in [0.5, 0.6) is 57.5 Å². The first kappa shape index (κ1) is 26.1. The molecule has 0 aliphatic rings. The Morgan fingerprint density at radius 1 is 0.238 bits per heavy atom. The second-order valence-electron chi connectivity index (χ2n) is 9.65. The minimum absolute atomic E-state index is 0.217. The first-order valence-electron chi connectivity index (χ1n) is 12.5. The molecule has 0 aliphatic carbocycles. The molecule has 0 fully saturated rings. The van der Waals surface area contributed by atoms with Crippen LogP contribution in [-0.2, 0) is 0 Å². The number of phenolic OH excluding ortho intramolecular Hbond substituents is 10. The van der Waals surface area contributed by atoms with E-state index in [0.717, 1.165) is 0 Å². The zero-order chi connectivity index (χ0) is 30.0. The van der Waals surface area contributed by atoms with Crippen molar-refractivity contribution in [1.82, 2.24) is 0 Å². The van der Waals surface area contributed by atoms with Crippen molar-refractivity contribution in [3.63, 3.8) is 0 Å². The van der Waals surface area contributed by atoms with E-state index in [2.05, 4.69) is 0 Å². The Hall–Kier alpha value is -6.16. The molecule has 0 amide bonds. The van der Waals surface area contributed by atoms with Gasteiger partial charge in [0, 0.05) is 5.56 Å². The van der Waals surface area contributed by atoms with Crippen LogP contribution in [-0.4, -0.2) is 51.1 Å². The summed E-state index contributed by atoms with van der Waals surface area (Å²) < 4.78 is 0. The van der Waals surface area contributed by atoms with Crippen LogP contribution < -0.4 is 0 Å². The van der Waals surface area contributed by atoms with Crippen molar-refractivity contribution in [2.75, 3.05) is 0 Å². The summed E-state index contributed by atoms with van der Waals surface area (Å²) >= 11 is 0. The third-order valence-corrected chi connectivity index (χ3v) is 7.39. The average Bonchev–Trinajstić information content (AvgIpc) is 3.01. The Kier molecular flexibility index (Phi) is 5.72. The van der Waals surface area contributed by atoms with E-state index in [1.165, 1.54) is 12.1 Å². The monoisotopic (exact) mass is 566 g/mol. The molecule has 0 aromatic heterocycles. The summed E-state index contributed by atoms with van der Waals surface area (Å²) in [5.41, 5.74) is 1.30. The number of benzene rings is 6. The molecule has 0 saturated carbocycles. The summed E-state index contributed by atoms with van der Waals surface area (Å²) in [7, 11) is 0. The Bertz CT molecular complexity index is 1970. The van der Waals surface area contributed by atoms with Crippen molar-refractivity contribution >= 4 is 21.5 Å². The fraction of sp³-hybridized carbons (Fsp3) is 0. The van der Waals surface area contributed by atoms with Crippen LogP contribution in [0.15, 0.2) is 72.8 Å². The van der Waals surface area contributed by atoms with Gasteiger partial charge in [-0.05, 0) is 38.2 Å². The minimum atomic E-state index is -1.06. The molecule has 10 nitrogen and oxygen atoms in total. The van der Waals surface area contributed by atoms with Gasteiger partial charge in [-0.3, -0.25) is 0 Å². The summed E-state index contributed by atoms with van der Waals surface area (Å²) in [4.78, 5) is 0. The van der Waals surface area contributed by atoms with E-state index in [1.54, 1.807) is 60.7 Å². The number of hydrogen-bond acceptors (Lipinski definition) is 10. The topological polar surface area (TPSA) is 202 Å². The Labute approximate surface area is 236 Å². The van der Waals surface area contributed by atoms with E-state index in [0.29, 0.717) is 32.7 Å². The first-order valence-corrected chi connectivity index (χ1v) is 12.5. The third kappa shape index (κ3) is 3.52. The van der Waals surface area contributed by atoms with E-state index >= 15 is 0 Å². The highest BCUT2D eigenvalue weighted by Gasteiger charge is 2.28. The van der Waals surface area contributed by atoms with Gasteiger partial charge in [-0.25, -0.2) is 0 Å². The van der Waals surface area contributed by atoms with Gasteiger partial charge in [-0.2, -0.15) is 0 Å². The molecule has 0 spiro atoms. The highest BCUT2D eigenvalue weighted by molar-refractivity contribution is 6.22. The predicted molar refractivity (Wildman–Crippen MR) is 154 cm³/mol. The summed E-state index contributed by atoms with van der Waals surface area (Å²) in [6.07, 6.45) is 0. The van der Waals surface area contributed by atoms with Gasteiger partial charge in [0.15, 0.2) is 23.0 Å². The van der Waals surface area contributed by atoms with Crippen molar-refractivity contribution in [2.45, 2.75) is 0 Å². The average molecular weight is 567 g/mol. The molecule has 0 aliphatic heterocycles. The largest absolute Gasteiger partial charge is 0.504 e. The maximum absolute atomic E-state index is 10.8. The van der Waals surface area contributed by atoms with Gasteiger partial charge in [-0.1, -0.05) is 72.8 Å². The molecule has 6 aromatic rings. The van der Waals surface area contributed by atoms with Crippen LogP contribution in [0.2, 0.25) is 0 Å². The summed E-state index contributed by atoms with van der Waals surface area (Å²) in [5.74, 6) is -9.39. The molecule has 6 aromatic carbocycles. The number of fused-ring (bicyclic) bond motifs is 2. The molecule has 42 heavy (non-hydrogen) atoms. The Morgan fingerprint density at radius 3 is 0.857 bits per heavy atom. The Morgan fingerprint density at radius 2 is 0.500 bits per heavy atom. The normalized spacial score (nSPS) is 11.3. The summed E-state index contributed by atoms with van der Waals surface area (Å²) in [6.45, 7) is 0. The van der Waals surface area contributed by atoms with Crippen LogP contribution in [0.1, 0.15) is 0 Å². The van der Waals surface area contributed by atoms with E-state index < -0.39 is 57.5 Å². The lowest BCUT2D eigenvalue weighted by Crippen LogP contribution is -1.92. The van der Waals surface area contributed by atoms with Crippen LogP contribution in [0.25, 0.3) is 54.9 Å². The number of aromatic hydroxyl groups is 10. The maximum Gasteiger partial charge on any atom is 0.208 e. The second-order valence-corrected chi connectivity index (χ2v) is 9.65. The maximum atomic E-state index is 10.8. The van der Waals surface area contributed by atoms with Crippen LogP contribution in [0.3, 0.4) is 0 Å². The molecule has 10 heteroatoms. The van der Waals surface area contributed by atoms with Crippen LogP contribution in [0.4, 0.5) is 0 Å². The summed E-state index contributed by atoms with van der Waals surface area (Å²) in [6, 6.07) is 20.5. The zero-order valence-corrected chi connectivity index (χ0v) is 21.4. The lowest BCUT2D eigenvalue weighted by molar-refractivity contribution is 0.330. The molecule has 0 bridgehead atoms. The molecule has 0 radical (unpaired) electrons. The van der Waals surface area contributed by atoms with Gasteiger partial charge in [0.25, 0.3) is 0 Å². The van der Waals surface area contributed by atoms with Crippen molar-refractivity contribution in [3.05, 3.63) is 72.8 Å². The molecule has 210 valence electrons. The van der Waals surface area contributed by atoms with Gasteiger partial charge in [0.1, 0.15) is 0 Å². The Balaban J connectivity index is 1.65. The zero-order valence-electron chi connectivity index (χ0n) is 21.4. The lowest BCUT2D eigenvalue weighted by Gasteiger charge is -2.20. The van der Waals surface area contributed by atoms with E-state index in [4.69, 9.17) is 0 Å². The smallest absolute Gasteiger partial charge is 0.208 e. The van der Waals surface area contributed by atoms with Gasteiger partial charge in [0.05, 0.1) is 11.1 Å². The molecule has 10 N–H and O–H groups in total. The molecule has 0 unspecified atom stereocenters. The second kappa shape index (κ2) is 9.20. The van der Waals surface area contributed by atoms with E-state index in [-0.39, 0.29) is 22.3 Å². The predicted octanol–water partition coefficient (Wildman–Crippen LogP) is 6.05. The van der Waals surface area contributed by atoms with Crippen molar-refractivity contribution < 1.29 is 51.1 Å². The fourth-order valence-electron chi connectivity index (χ4n) is 5.39. The van der Waals surface area contributed by atoms with Gasteiger partial charge in [0.2, 0.25) is 34.5 Å². The van der Waals surface area contributed by atoms with Gasteiger partial charge < -0.3 is 51.1 Å². The van der Waals surface area contributed by atoms with E-state index in [9.17, 15) is 51.1 Å². The highest BCUT2D eigenvalue weighted by atomic mass is 16.4. The number of phenols is 10. The molecule has 0 atom stereocenters. The van der Waals surface area contributed by atoms with E-state index in [1.807, 2.05) is 0 Å². The highest BCUT2D eigenvalue weighted by Crippen LogP contribution is 2.58. The minimum Gasteiger partial charge on any atom is -0.504 e. The first-order chi connectivity index (χ1) is 20.0. The quantitative estimate of drug-likeness (QED) is 0.0682. The number of rotatable bonds is 3. The lowest BCUT2D eigenvalue weighted by atomic mass is 9.85.